The first-order chi connectivity index (χ1) is 17.7. The molecule has 0 spiro atoms. The number of fused-ring (bicyclic) bond motifs is 5. The van der Waals surface area contributed by atoms with Crippen LogP contribution < -0.4 is 19.9 Å². The van der Waals surface area contributed by atoms with Gasteiger partial charge in [0.1, 0.15) is 28.9 Å². The number of Topliss-reactive ketones (excluding diaryl/α,β-unsaturated/α-hetero) is 2. The van der Waals surface area contributed by atoms with Gasteiger partial charge in [-0.15, -0.1) is 0 Å². The molecule has 0 bridgehead atoms. The SMILES string of the molecule is COc1ccc2c(c1OC)OC1c3c-2ccc(O)c3C(O)=C2C(=O)C3C(O)=C(C(N)=O)C(=O)CC3C[C@@H]21. The van der Waals surface area contributed by atoms with E-state index < -0.39 is 58.4 Å². The van der Waals surface area contributed by atoms with Crippen LogP contribution in [0.3, 0.4) is 0 Å². The number of carbonyl (C=O) groups is 3. The Kier molecular flexibility index (Phi) is 4.82. The Morgan fingerprint density at radius 3 is 2.46 bits per heavy atom. The van der Waals surface area contributed by atoms with Crippen molar-refractivity contribution in [3.63, 3.8) is 0 Å². The molecule has 1 heterocycles. The number of rotatable bonds is 3. The lowest BCUT2D eigenvalue weighted by Gasteiger charge is -2.46. The first-order valence-electron chi connectivity index (χ1n) is 11.7. The fourth-order valence-corrected chi connectivity index (χ4v) is 6.38. The summed E-state index contributed by atoms with van der Waals surface area (Å²) in [5.41, 5.74) is 6.57. The summed E-state index contributed by atoms with van der Waals surface area (Å²) in [6.07, 6.45) is -0.790. The zero-order valence-electron chi connectivity index (χ0n) is 19.9. The van der Waals surface area contributed by atoms with E-state index >= 15 is 0 Å². The molecule has 1 saturated carbocycles. The van der Waals surface area contributed by atoms with E-state index in [1.165, 1.54) is 20.3 Å². The number of hydrogen-bond acceptors (Lipinski definition) is 9. The van der Waals surface area contributed by atoms with Crippen LogP contribution in [0.25, 0.3) is 16.9 Å². The molecule has 1 aliphatic heterocycles. The number of phenolic OH excluding ortho intramolecular Hbond substituents is 1. The minimum absolute atomic E-state index is 0.0405. The highest BCUT2D eigenvalue weighted by Crippen LogP contribution is 2.60. The van der Waals surface area contributed by atoms with Gasteiger partial charge >= 0.3 is 0 Å². The minimum Gasteiger partial charge on any atom is -0.511 e. The van der Waals surface area contributed by atoms with Crippen LogP contribution in [0.5, 0.6) is 23.0 Å². The number of hydrogen-bond donors (Lipinski definition) is 4. The molecule has 4 aliphatic rings. The molecule has 5 N–H and O–H groups in total. The normalized spacial score (nSPS) is 25.5. The highest BCUT2D eigenvalue weighted by Gasteiger charge is 2.55. The number of nitrogens with two attached hydrogens (primary N) is 1. The fourth-order valence-electron chi connectivity index (χ4n) is 6.38. The van der Waals surface area contributed by atoms with Crippen LogP contribution in [-0.2, 0) is 14.4 Å². The molecule has 0 aromatic heterocycles. The third kappa shape index (κ3) is 2.89. The van der Waals surface area contributed by atoms with E-state index in [9.17, 15) is 29.7 Å². The summed E-state index contributed by atoms with van der Waals surface area (Å²) >= 11 is 0. The number of primary amides is 1. The molecular formula is C27H23NO9. The smallest absolute Gasteiger partial charge is 0.255 e. The number of allylic oxidation sites excluding steroid dienone is 1. The lowest BCUT2D eigenvalue weighted by atomic mass is 9.60. The molecule has 190 valence electrons. The van der Waals surface area contributed by atoms with Gasteiger partial charge in [-0.1, -0.05) is 6.07 Å². The molecule has 2 aromatic rings. The van der Waals surface area contributed by atoms with Gasteiger partial charge in [0.05, 0.1) is 25.7 Å². The Labute approximate surface area is 210 Å². The second-order valence-electron chi connectivity index (χ2n) is 9.60. The van der Waals surface area contributed by atoms with Crippen LogP contribution in [0.4, 0.5) is 0 Å². The quantitative estimate of drug-likeness (QED) is 0.459. The van der Waals surface area contributed by atoms with E-state index in [0.717, 1.165) is 0 Å². The predicted octanol–water partition coefficient (Wildman–Crippen LogP) is 2.88. The molecule has 1 amide bonds. The Hall–Kier alpha value is -4.47. The number of aliphatic hydroxyl groups excluding tert-OH is 2. The van der Waals surface area contributed by atoms with E-state index in [0.29, 0.717) is 33.9 Å². The van der Waals surface area contributed by atoms with Crippen LogP contribution in [0.15, 0.2) is 41.2 Å². The second kappa shape index (κ2) is 7.76. The van der Waals surface area contributed by atoms with Crippen molar-refractivity contribution >= 4 is 23.2 Å². The maximum Gasteiger partial charge on any atom is 0.255 e. The molecule has 1 fully saturated rings. The molecule has 10 heteroatoms. The largest absolute Gasteiger partial charge is 0.511 e. The van der Waals surface area contributed by atoms with Gasteiger partial charge in [-0.3, -0.25) is 14.4 Å². The summed E-state index contributed by atoms with van der Waals surface area (Å²) < 4.78 is 17.5. The standard InChI is InChI=1S/C27H23NO9/c1-35-15-6-4-11-10-3-5-13(29)19-17(10)24(37-25(11)26(15)36-2)12-7-9-8-14(30)20(27(28)34)22(32)16(9)21(31)18(12)23(19)33/h3-6,9,12,16,24,29,32-33H,7-8H2,1-2H3,(H2,28,34)/t9?,12-,16?,24?/m0/s1. The molecule has 10 nitrogen and oxygen atoms in total. The van der Waals surface area contributed by atoms with Crippen molar-refractivity contribution in [1.29, 1.82) is 0 Å². The molecule has 2 aromatic carbocycles. The van der Waals surface area contributed by atoms with E-state index in [-0.39, 0.29) is 29.7 Å². The molecule has 37 heavy (non-hydrogen) atoms. The summed E-state index contributed by atoms with van der Waals surface area (Å²) in [4.78, 5) is 38.2. The molecule has 0 saturated heterocycles. The van der Waals surface area contributed by atoms with Gasteiger partial charge in [-0.25, -0.2) is 0 Å². The first kappa shape index (κ1) is 23.0. The lowest BCUT2D eigenvalue weighted by molar-refractivity contribution is -0.128. The number of aliphatic hydroxyl groups is 2. The number of carbonyl (C=O) groups excluding carboxylic acids is 3. The van der Waals surface area contributed by atoms with Gasteiger partial charge < -0.3 is 35.3 Å². The maximum absolute atomic E-state index is 13.8. The molecular weight excluding hydrogens is 482 g/mol. The fraction of sp³-hybridized carbons (Fsp3) is 0.296. The van der Waals surface area contributed by atoms with Crippen molar-refractivity contribution in [1.82, 2.24) is 0 Å². The predicted molar refractivity (Wildman–Crippen MR) is 128 cm³/mol. The van der Waals surface area contributed by atoms with Crippen molar-refractivity contribution in [2.45, 2.75) is 18.9 Å². The zero-order valence-corrected chi connectivity index (χ0v) is 19.9. The van der Waals surface area contributed by atoms with Crippen LogP contribution in [0.2, 0.25) is 0 Å². The lowest BCUT2D eigenvalue weighted by Crippen LogP contribution is -2.46. The van der Waals surface area contributed by atoms with Gasteiger partial charge in [0.15, 0.2) is 23.1 Å². The topological polar surface area (TPSA) is 166 Å². The monoisotopic (exact) mass is 505 g/mol. The van der Waals surface area contributed by atoms with Crippen molar-refractivity contribution in [3.05, 3.63) is 52.3 Å². The Morgan fingerprint density at radius 2 is 1.78 bits per heavy atom. The number of ketones is 2. The van der Waals surface area contributed by atoms with Gasteiger partial charge in [-0.2, -0.15) is 0 Å². The second-order valence-corrected chi connectivity index (χ2v) is 9.60. The molecule has 3 aliphatic carbocycles. The van der Waals surface area contributed by atoms with Crippen molar-refractivity contribution in [3.8, 4) is 34.1 Å². The summed E-state index contributed by atoms with van der Waals surface area (Å²) in [5, 5.41) is 32.9. The van der Waals surface area contributed by atoms with Gasteiger partial charge in [0.2, 0.25) is 5.75 Å². The number of amides is 1. The maximum atomic E-state index is 13.8. The van der Waals surface area contributed by atoms with Gasteiger partial charge in [0, 0.05) is 29.0 Å². The number of benzene rings is 2. The van der Waals surface area contributed by atoms with Crippen LogP contribution in [-0.4, -0.2) is 47.0 Å². The van der Waals surface area contributed by atoms with E-state index in [1.54, 1.807) is 18.2 Å². The van der Waals surface area contributed by atoms with E-state index in [4.69, 9.17) is 19.9 Å². The van der Waals surface area contributed by atoms with Crippen molar-refractivity contribution in [2.75, 3.05) is 14.2 Å². The molecule has 3 unspecified atom stereocenters. The number of phenols is 1. The number of aromatic hydroxyl groups is 1. The third-order valence-electron chi connectivity index (χ3n) is 7.87. The molecule has 6 rings (SSSR count). The van der Waals surface area contributed by atoms with Gasteiger partial charge in [0.25, 0.3) is 5.91 Å². The van der Waals surface area contributed by atoms with Gasteiger partial charge in [-0.05, 0) is 36.1 Å². The summed E-state index contributed by atoms with van der Waals surface area (Å²) in [5.74, 6) is -5.13. The van der Waals surface area contributed by atoms with Crippen LogP contribution >= 0.6 is 0 Å². The van der Waals surface area contributed by atoms with Crippen LogP contribution in [0.1, 0.15) is 30.1 Å². The summed E-state index contributed by atoms with van der Waals surface area (Å²) in [7, 11) is 2.97. The van der Waals surface area contributed by atoms with Crippen LogP contribution in [0, 0.1) is 17.8 Å². The zero-order chi connectivity index (χ0) is 26.3. The first-order valence-corrected chi connectivity index (χ1v) is 11.7. The average Bonchev–Trinajstić information content (AvgIpc) is 2.85. The van der Waals surface area contributed by atoms with Crippen molar-refractivity contribution < 1.29 is 43.9 Å². The molecule has 0 radical (unpaired) electrons. The van der Waals surface area contributed by atoms with Crippen molar-refractivity contribution in [2.24, 2.45) is 23.5 Å². The minimum atomic E-state index is -1.22. The number of methoxy groups -OCH3 is 2. The van der Waals surface area contributed by atoms with E-state index in [2.05, 4.69) is 0 Å². The summed E-state index contributed by atoms with van der Waals surface area (Å²) in [6, 6.07) is 6.63. The molecule has 4 atom stereocenters. The highest BCUT2D eigenvalue weighted by molar-refractivity contribution is 6.21. The number of ether oxygens (including phenoxy) is 3. The summed E-state index contributed by atoms with van der Waals surface area (Å²) in [6.45, 7) is 0. The average molecular weight is 505 g/mol. The highest BCUT2D eigenvalue weighted by atomic mass is 16.5. The Morgan fingerprint density at radius 1 is 1.05 bits per heavy atom. The Bertz CT molecular complexity index is 1500. The third-order valence-corrected chi connectivity index (χ3v) is 7.87. The Balaban J connectivity index is 1.59. The van der Waals surface area contributed by atoms with E-state index in [1.807, 2.05) is 0 Å².